The van der Waals surface area contributed by atoms with Gasteiger partial charge in [0.05, 0.1) is 30.7 Å². The summed E-state index contributed by atoms with van der Waals surface area (Å²) in [6.45, 7) is 10.0. The molecule has 0 unspecified atom stereocenters. The minimum Gasteiger partial charge on any atom is -0.497 e. The van der Waals surface area contributed by atoms with Gasteiger partial charge in [-0.3, -0.25) is 4.79 Å². The molecule has 2 bridgehead atoms. The number of hydrogen-bond acceptors (Lipinski definition) is 8. The minimum absolute atomic E-state index is 0.117. The van der Waals surface area contributed by atoms with E-state index in [4.69, 9.17) is 24.2 Å². The number of nitrogens with zero attached hydrogens (tertiary/aromatic N) is 3. The first-order chi connectivity index (χ1) is 21.9. The van der Waals surface area contributed by atoms with E-state index in [9.17, 15) is 14.4 Å². The van der Waals surface area contributed by atoms with Gasteiger partial charge in [-0.05, 0) is 81.8 Å². The van der Waals surface area contributed by atoms with Crippen LogP contribution in [0.2, 0.25) is 0 Å². The largest absolute Gasteiger partial charge is 0.497 e. The average Bonchev–Trinajstić information content (AvgIpc) is 3.59. The van der Waals surface area contributed by atoms with Crippen molar-refractivity contribution in [2.45, 2.75) is 128 Å². The molecule has 1 saturated heterocycles. The Morgan fingerprint density at radius 3 is 2.50 bits per heavy atom. The zero-order valence-electron chi connectivity index (χ0n) is 28.3. The number of nitrogens with one attached hydrogen (secondary N) is 1. The zero-order chi connectivity index (χ0) is 32.9. The second kappa shape index (κ2) is 12.3. The highest BCUT2D eigenvalue weighted by atomic mass is 16.6. The number of rotatable bonds is 3. The van der Waals surface area contributed by atoms with Gasteiger partial charge in [-0.15, -0.1) is 0 Å². The van der Waals surface area contributed by atoms with Crippen LogP contribution in [0.15, 0.2) is 18.2 Å². The lowest BCUT2D eigenvalue weighted by Gasteiger charge is -2.37. The molecule has 2 aromatic rings. The van der Waals surface area contributed by atoms with Crippen molar-refractivity contribution in [1.82, 2.24) is 20.2 Å². The summed E-state index contributed by atoms with van der Waals surface area (Å²) in [6.07, 6.45) is 9.30. The molecule has 1 aromatic carbocycles. The van der Waals surface area contributed by atoms with E-state index in [0.29, 0.717) is 23.6 Å². The highest BCUT2D eigenvalue weighted by molar-refractivity contribution is 5.89. The summed E-state index contributed by atoms with van der Waals surface area (Å²) in [5.74, 6) is 0.869. The first kappa shape index (κ1) is 32.5. The van der Waals surface area contributed by atoms with E-state index in [2.05, 4.69) is 5.32 Å². The van der Waals surface area contributed by atoms with Crippen molar-refractivity contribution in [2.24, 2.45) is 17.3 Å². The molecule has 1 aromatic heterocycles. The van der Waals surface area contributed by atoms with Gasteiger partial charge in [-0.2, -0.15) is 0 Å². The molecular formula is C36H50N4O6. The maximum atomic E-state index is 14.3. The lowest BCUT2D eigenvalue weighted by molar-refractivity contribution is -0.139. The molecule has 1 spiro atoms. The van der Waals surface area contributed by atoms with Crippen molar-refractivity contribution >= 4 is 29.3 Å². The molecule has 1 N–H and O–H groups in total. The molecule has 2 aliphatic heterocycles. The molecule has 3 heterocycles. The second-order valence-electron chi connectivity index (χ2n) is 15.3. The highest BCUT2D eigenvalue weighted by Crippen LogP contribution is 2.54. The standard InChI is InChI=1S/C36H50N4O6/c1-7-24-27(21-41)40-20-28(24)45-31-29(37-25-14-13-23(44-6)19-26(25)38-31)36(17-18-36)16-9-8-11-22-12-10-15-35(22,5)46-33(43)39-30(32(40)42)34(2,3)4/h13-14,19,21-22,24,27-28,30H,7-12,15-18,20H2,1-6H3,(H,39,43)/t22-,24+,27-,28+,30-,35-/m1/s1. The molecule has 4 aliphatic rings. The van der Waals surface area contributed by atoms with Gasteiger partial charge in [0.25, 0.3) is 0 Å². The van der Waals surface area contributed by atoms with E-state index in [-0.39, 0.29) is 29.7 Å². The summed E-state index contributed by atoms with van der Waals surface area (Å²) in [4.78, 5) is 52.3. The first-order valence-electron chi connectivity index (χ1n) is 17.2. The van der Waals surface area contributed by atoms with E-state index in [1.165, 1.54) is 0 Å². The molecule has 10 nitrogen and oxygen atoms in total. The molecule has 3 fully saturated rings. The summed E-state index contributed by atoms with van der Waals surface area (Å²) in [5.41, 5.74) is 1.02. The molecule has 46 heavy (non-hydrogen) atoms. The summed E-state index contributed by atoms with van der Waals surface area (Å²) >= 11 is 0. The highest BCUT2D eigenvalue weighted by Gasteiger charge is 2.52. The van der Waals surface area contributed by atoms with Crippen LogP contribution in [0.25, 0.3) is 11.0 Å². The number of aldehydes is 1. The number of hydrogen-bond donors (Lipinski definition) is 1. The Hall–Kier alpha value is -3.43. The molecule has 2 saturated carbocycles. The van der Waals surface area contributed by atoms with Crippen LogP contribution in [-0.4, -0.2) is 70.6 Å². The van der Waals surface area contributed by atoms with Crippen LogP contribution in [0.3, 0.4) is 0 Å². The van der Waals surface area contributed by atoms with Gasteiger partial charge in [0.2, 0.25) is 11.8 Å². The van der Waals surface area contributed by atoms with Gasteiger partial charge in [-0.25, -0.2) is 14.8 Å². The van der Waals surface area contributed by atoms with Crippen molar-refractivity contribution in [1.29, 1.82) is 0 Å². The van der Waals surface area contributed by atoms with Crippen LogP contribution in [0.5, 0.6) is 11.6 Å². The second-order valence-corrected chi connectivity index (χ2v) is 15.3. The van der Waals surface area contributed by atoms with Crippen LogP contribution in [0, 0.1) is 17.3 Å². The van der Waals surface area contributed by atoms with Crippen LogP contribution >= 0.6 is 0 Å². The van der Waals surface area contributed by atoms with Crippen molar-refractivity contribution in [3.63, 3.8) is 0 Å². The SMILES string of the molecule is CC[C@@H]1[C@@H]2CN(C(=O)[C@H](C(C)(C)C)NC(=O)O[C@]3(C)CCC[C@H]3CCCCC3(CC3)c3nc4ccc(OC)cc4nc3O2)[C@@H]1C=O. The van der Waals surface area contributed by atoms with Crippen LogP contribution < -0.4 is 14.8 Å². The molecule has 0 radical (unpaired) electrons. The van der Waals surface area contributed by atoms with Crippen molar-refractivity contribution in [3.8, 4) is 11.6 Å². The number of carbonyl (C=O) groups excluding carboxylic acids is 3. The molecule has 2 aliphatic carbocycles. The smallest absolute Gasteiger partial charge is 0.408 e. The summed E-state index contributed by atoms with van der Waals surface area (Å²) in [6, 6.07) is 4.12. The number of alkyl carbamates (subject to hydrolysis) is 1. The predicted octanol–water partition coefficient (Wildman–Crippen LogP) is 6.13. The summed E-state index contributed by atoms with van der Waals surface area (Å²) < 4.78 is 18.5. The van der Waals surface area contributed by atoms with E-state index in [1.54, 1.807) is 12.0 Å². The van der Waals surface area contributed by atoms with Gasteiger partial charge >= 0.3 is 6.09 Å². The number of carbonyl (C=O) groups is 3. The average molecular weight is 635 g/mol. The predicted molar refractivity (Wildman–Crippen MR) is 174 cm³/mol. The number of ether oxygens (including phenoxy) is 3. The lowest BCUT2D eigenvalue weighted by Crippen LogP contribution is -2.57. The molecule has 6 atom stereocenters. The van der Waals surface area contributed by atoms with Crippen molar-refractivity contribution in [2.75, 3.05) is 13.7 Å². The third kappa shape index (κ3) is 6.04. The monoisotopic (exact) mass is 634 g/mol. The molecular weight excluding hydrogens is 584 g/mol. The van der Waals surface area contributed by atoms with Crippen molar-refractivity contribution in [3.05, 3.63) is 23.9 Å². The Morgan fingerprint density at radius 1 is 1.07 bits per heavy atom. The van der Waals surface area contributed by atoms with Crippen LogP contribution in [-0.2, 0) is 19.7 Å². The molecule has 6 rings (SSSR count). The quantitative estimate of drug-likeness (QED) is 0.401. The van der Waals surface area contributed by atoms with E-state index < -0.39 is 35.3 Å². The summed E-state index contributed by atoms with van der Waals surface area (Å²) in [5, 5.41) is 2.93. The Morgan fingerprint density at radius 2 is 1.83 bits per heavy atom. The lowest BCUT2D eigenvalue weighted by atomic mass is 9.85. The van der Waals surface area contributed by atoms with Crippen LogP contribution in [0.4, 0.5) is 4.79 Å². The fourth-order valence-electron chi connectivity index (χ4n) is 8.23. The van der Waals surface area contributed by atoms with E-state index in [1.807, 2.05) is 52.8 Å². The number of amides is 2. The van der Waals surface area contributed by atoms with Crippen LogP contribution in [0.1, 0.15) is 105 Å². The molecule has 2 amide bonds. The maximum Gasteiger partial charge on any atom is 0.408 e. The van der Waals surface area contributed by atoms with E-state index >= 15 is 0 Å². The van der Waals surface area contributed by atoms with Gasteiger partial charge in [0.1, 0.15) is 35.5 Å². The fraction of sp³-hybridized carbons (Fsp3) is 0.694. The Labute approximate surface area is 272 Å². The number of benzene rings is 1. The Kier molecular flexibility index (Phi) is 8.70. The Balaban J connectivity index is 1.42. The minimum atomic E-state index is -0.890. The summed E-state index contributed by atoms with van der Waals surface area (Å²) in [7, 11) is 1.63. The third-order valence-corrected chi connectivity index (χ3v) is 11.3. The first-order valence-corrected chi connectivity index (χ1v) is 17.2. The molecule has 250 valence electrons. The fourth-order valence-corrected chi connectivity index (χ4v) is 8.23. The van der Waals surface area contributed by atoms with Gasteiger partial charge < -0.3 is 29.2 Å². The zero-order valence-corrected chi connectivity index (χ0v) is 28.3. The normalized spacial score (nSPS) is 31.6. The van der Waals surface area contributed by atoms with Crippen molar-refractivity contribution < 1.29 is 28.6 Å². The number of fused-ring (bicyclic) bond motifs is 6. The number of aromatic nitrogens is 2. The number of methoxy groups -OCH3 is 1. The maximum absolute atomic E-state index is 14.3. The van der Waals surface area contributed by atoms with Gasteiger partial charge in [0, 0.05) is 17.4 Å². The topological polar surface area (TPSA) is 120 Å². The Bertz CT molecular complexity index is 1480. The molecule has 10 heteroatoms. The van der Waals surface area contributed by atoms with Gasteiger partial charge in [0.15, 0.2) is 0 Å². The van der Waals surface area contributed by atoms with Gasteiger partial charge in [-0.1, -0.05) is 40.5 Å². The third-order valence-electron chi connectivity index (χ3n) is 11.3. The van der Waals surface area contributed by atoms with E-state index in [0.717, 1.165) is 75.3 Å².